The molecule has 1 rings (SSSR count). The van der Waals surface area contributed by atoms with Crippen LogP contribution in [0.25, 0.3) is 0 Å². The van der Waals surface area contributed by atoms with Crippen molar-refractivity contribution in [1.82, 2.24) is 10.2 Å². The third kappa shape index (κ3) is 2.42. The molecule has 1 heterocycles. The van der Waals surface area contributed by atoms with Gasteiger partial charge < -0.3 is 10.1 Å². The summed E-state index contributed by atoms with van der Waals surface area (Å²) in [5.74, 6) is -0.145. The number of nitrogens with zero attached hydrogens (tertiary/aromatic N) is 1. The van der Waals surface area contributed by atoms with Crippen molar-refractivity contribution in [2.75, 3.05) is 26.7 Å². The normalized spacial score (nSPS) is 26.8. The average Bonchev–Trinajstić information content (AvgIpc) is 2.16. The van der Waals surface area contributed by atoms with Crippen LogP contribution in [0.1, 0.15) is 13.8 Å². The van der Waals surface area contributed by atoms with E-state index in [9.17, 15) is 4.79 Å². The van der Waals surface area contributed by atoms with Crippen LogP contribution < -0.4 is 5.32 Å². The summed E-state index contributed by atoms with van der Waals surface area (Å²) in [6.07, 6.45) is 0. The second-order valence-electron chi connectivity index (χ2n) is 3.49. The lowest BCUT2D eigenvalue weighted by molar-refractivity contribution is -0.147. The van der Waals surface area contributed by atoms with Crippen molar-refractivity contribution in [2.24, 2.45) is 0 Å². The number of piperazine rings is 1. The van der Waals surface area contributed by atoms with Gasteiger partial charge in [-0.05, 0) is 13.8 Å². The molecule has 0 saturated carbocycles. The molecule has 0 bridgehead atoms. The van der Waals surface area contributed by atoms with E-state index in [1.807, 2.05) is 6.92 Å². The van der Waals surface area contributed by atoms with Gasteiger partial charge in [0.25, 0.3) is 0 Å². The molecule has 0 aromatic carbocycles. The van der Waals surface area contributed by atoms with Crippen LogP contribution in [-0.2, 0) is 9.53 Å². The van der Waals surface area contributed by atoms with Crippen molar-refractivity contribution >= 4 is 5.97 Å². The van der Waals surface area contributed by atoms with Crippen LogP contribution in [0.3, 0.4) is 0 Å². The molecule has 4 nitrogen and oxygen atoms in total. The number of esters is 1. The van der Waals surface area contributed by atoms with E-state index in [2.05, 4.69) is 17.1 Å². The summed E-state index contributed by atoms with van der Waals surface area (Å²) in [4.78, 5) is 13.4. The highest BCUT2D eigenvalue weighted by Gasteiger charge is 2.27. The second-order valence-corrected chi connectivity index (χ2v) is 3.49. The highest BCUT2D eigenvalue weighted by molar-refractivity contribution is 5.75. The molecule has 0 aliphatic carbocycles. The van der Waals surface area contributed by atoms with Crippen LogP contribution >= 0.6 is 0 Å². The molecule has 2 atom stereocenters. The zero-order valence-corrected chi connectivity index (χ0v) is 8.54. The molecule has 4 heteroatoms. The summed E-state index contributed by atoms with van der Waals surface area (Å²) < 4.78 is 4.71. The van der Waals surface area contributed by atoms with Gasteiger partial charge in [-0.15, -0.1) is 0 Å². The number of carbonyl (C=O) groups excluding carboxylic acids is 1. The molecule has 0 radical (unpaired) electrons. The molecule has 1 N–H and O–H groups in total. The fourth-order valence-electron chi connectivity index (χ4n) is 1.74. The van der Waals surface area contributed by atoms with Gasteiger partial charge >= 0.3 is 5.97 Å². The van der Waals surface area contributed by atoms with Crippen molar-refractivity contribution in [3.63, 3.8) is 0 Å². The Bertz CT molecular complexity index is 184. The minimum Gasteiger partial charge on any atom is -0.468 e. The van der Waals surface area contributed by atoms with E-state index in [0.29, 0.717) is 6.04 Å². The first-order chi connectivity index (χ1) is 6.16. The third-order valence-corrected chi connectivity index (χ3v) is 2.59. The maximum atomic E-state index is 11.3. The van der Waals surface area contributed by atoms with Crippen molar-refractivity contribution in [3.8, 4) is 0 Å². The zero-order valence-electron chi connectivity index (χ0n) is 8.54. The molecule has 1 aliphatic rings. The van der Waals surface area contributed by atoms with E-state index in [1.54, 1.807) is 0 Å². The number of ether oxygens (including phenoxy) is 1. The number of methoxy groups -OCH3 is 1. The average molecular weight is 186 g/mol. The molecular weight excluding hydrogens is 168 g/mol. The maximum absolute atomic E-state index is 11.3. The lowest BCUT2D eigenvalue weighted by Gasteiger charge is -2.36. The van der Waals surface area contributed by atoms with E-state index < -0.39 is 0 Å². The Hall–Kier alpha value is -0.610. The number of hydrogen-bond acceptors (Lipinski definition) is 4. The quantitative estimate of drug-likeness (QED) is 0.609. The molecule has 0 spiro atoms. The monoisotopic (exact) mass is 186 g/mol. The topological polar surface area (TPSA) is 41.6 Å². The van der Waals surface area contributed by atoms with Gasteiger partial charge in [-0.3, -0.25) is 9.69 Å². The van der Waals surface area contributed by atoms with Crippen LogP contribution in [0, 0.1) is 0 Å². The predicted octanol–water partition coefficient (Wildman–Crippen LogP) is -0.158. The SMILES string of the molecule is COC(=O)C(C)N1CCNC[C@H]1C. The fraction of sp³-hybridized carbons (Fsp3) is 0.889. The van der Waals surface area contributed by atoms with Gasteiger partial charge in [0.1, 0.15) is 6.04 Å². The van der Waals surface area contributed by atoms with E-state index in [0.717, 1.165) is 19.6 Å². The Morgan fingerprint density at radius 1 is 1.69 bits per heavy atom. The molecule has 0 amide bonds. The van der Waals surface area contributed by atoms with Crippen molar-refractivity contribution in [1.29, 1.82) is 0 Å². The van der Waals surface area contributed by atoms with Gasteiger partial charge in [0.15, 0.2) is 0 Å². The summed E-state index contributed by atoms with van der Waals surface area (Å²) in [6.45, 7) is 6.82. The number of carbonyl (C=O) groups is 1. The first-order valence-corrected chi connectivity index (χ1v) is 4.71. The Labute approximate surface area is 79.2 Å². The Morgan fingerprint density at radius 2 is 2.38 bits per heavy atom. The fourth-order valence-corrected chi connectivity index (χ4v) is 1.74. The molecule has 13 heavy (non-hydrogen) atoms. The molecule has 1 saturated heterocycles. The molecule has 1 fully saturated rings. The van der Waals surface area contributed by atoms with Gasteiger partial charge in [0, 0.05) is 25.7 Å². The molecule has 1 unspecified atom stereocenters. The van der Waals surface area contributed by atoms with Crippen molar-refractivity contribution in [3.05, 3.63) is 0 Å². The van der Waals surface area contributed by atoms with Crippen molar-refractivity contribution < 1.29 is 9.53 Å². The van der Waals surface area contributed by atoms with Crippen LogP contribution in [0.15, 0.2) is 0 Å². The summed E-state index contributed by atoms with van der Waals surface area (Å²) in [7, 11) is 1.44. The number of rotatable bonds is 2. The maximum Gasteiger partial charge on any atom is 0.322 e. The molecule has 0 aromatic rings. The highest BCUT2D eigenvalue weighted by Crippen LogP contribution is 2.08. The highest BCUT2D eigenvalue weighted by atomic mass is 16.5. The third-order valence-electron chi connectivity index (χ3n) is 2.59. The van der Waals surface area contributed by atoms with Gasteiger partial charge in [-0.2, -0.15) is 0 Å². The first kappa shape index (κ1) is 10.5. The van der Waals surface area contributed by atoms with Gasteiger partial charge in [0.05, 0.1) is 7.11 Å². The Balaban J connectivity index is 2.53. The largest absolute Gasteiger partial charge is 0.468 e. The predicted molar refractivity (Wildman–Crippen MR) is 50.5 cm³/mol. The lowest BCUT2D eigenvalue weighted by Crippen LogP contribution is -2.55. The Kier molecular flexibility index (Phi) is 3.69. The van der Waals surface area contributed by atoms with Crippen LogP contribution in [-0.4, -0.2) is 49.7 Å². The first-order valence-electron chi connectivity index (χ1n) is 4.71. The lowest BCUT2D eigenvalue weighted by atomic mass is 10.1. The summed E-state index contributed by atoms with van der Waals surface area (Å²) in [6, 6.07) is 0.282. The second kappa shape index (κ2) is 4.58. The van der Waals surface area contributed by atoms with Crippen LogP contribution in [0.5, 0.6) is 0 Å². The Morgan fingerprint density at radius 3 is 2.92 bits per heavy atom. The van der Waals surface area contributed by atoms with Gasteiger partial charge in [-0.1, -0.05) is 0 Å². The minimum atomic E-state index is -0.145. The van der Waals surface area contributed by atoms with Crippen LogP contribution in [0.4, 0.5) is 0 Å². The van der Waals surface area contributed by atoms with Gasteiger partial charge in [-0.25, -0.2) is 0 Å². The van der Waals surface area contributed by atoms with E-state index in [-0.39, 0.29) is 12.0 Å². The zero-order chi connectivity index (χ0) is 9.84. The minimum absolute atomic E-state index is 0.123. The summed E-state index contributed by atoms with van der Waals surface area (Å²) in [5, 5.41) is 3.28. The molecule has 1 aliphatic heterocycles. The smallest absolute Gasteiger partial charge is 0.322 e. The standard InChI is InChI=1S/C9H18N2O2/c1-7-6-10-4-5-11(7)8(2)9(12)13-3/h7-8,10H,4-6H2,1-3H3/t7-,8?/m1/s1. The van der Waals surface area contributed by atoms with E-state index in [4.69, 9.17) is 4.74 Å². The summed E-state index contributed by atoms with van der Waals surface area (Å²) >= 11 is 0. The number of hydrogen-bond donors (Lipinski definition) is 1. The van der Waals surface area contributed by atoms with Gasteiger partial charge in [0.2, 0.25) is 0 Å². The van der Waals surface area contributed by atoms with E-state index in [1.165, 1.54) is 7.11 Å². The molecule has 0 aromatic heterocycles. The summed E-state index contributed by atoms with van der Waals surface area (Å²) in [5.41, 5.74) is 0. The number of nitrogens with one attached hydrogen (secondary N) is 1. The van der Waals surface area contributed by atoms with Crippen molar-refractivity contribution in [2.45, 2.75) is 25.9 Å². The molecular formula is C9H18N2O2. The molecule has 76 valence electrons. The van der Waals surface area contributed by atoms with E-state index >= 15 is 0 Å². The van der Waals surface area contributed by atoms with Crippen LogP contribution in [0.2, 0.25) is 0 Å².